The van der Waals surface area contributed by atoms with E-state index in [2.05, 4.69) is 45.5 Å². The van der Waals surface area contributed by atoms with Crippen molar-refractivity contribution in [3.63, 3.8) is 0 Å². The largest absolute Gasteiger partial charge is 0.522 e. The Morgan fingerprint density at radius 2 is 1.80 bits per heavy atom. The van der Waals surface area contributed by atoms with Crippen LogP contribution in [0.3, 0.4) is 0 Å². The summed E-state index contributed by atoms with van der Waals surface area (Å²) in [5.74, 6) is 1.05. The summed E-state index contributed by atoms with van der Waals surface area (Å²) in [5, 5.41) is 19.4. The van der Waals surface area contributed by atoms with Crippen molar-refractivity contribution in [1.82, 2.24) is 44.9 Å². The lowest BCUT2D eigenvalue weighted by molar-refractivity contribution is -0.324. The standard InChI is InChI=1S/C31H38ClF3N10O4/c1-21(18-44-20-38-41-42-44)49-28-15-22(3-8-26(28)32)23-16-36-30(37-17-23)39-27-19-45(40-29(27)47-11-2-12-48-31(33,34)35)25-6-4-24(5-7-25)43-9-13-46-14-10-43/h3,8,15-17,19-21,24-25H,2,4-7,9-14,18H2,1H3,(H,36,37,39)/t21-,24?,25?/m0/s1. The van der Waals surface area contributed by atoms with Crippen LogP contribution in [0.1, 0.15) is 45.1 Å². The average molecular weight is 707 g/mol. The van der Waals surface area contributed by atoms with Crippen molar-refractivity contribution in [3.05, 3.63) is 48.1 Å². The van der Waals surface area contributed by atoms with Crippen molar-refractivity contribution in [1.29, 1.82) is 0 Å². The van der Waals surface area contributed by atoms with Crippen molar-refractivity contribution in [2.75, 3.05) is 44.8 Å². The molecule has 0 radical (unpaired) electrons. The predicted molar refractivity (Wildman–Crippen MR) is 172 cm³/mol. The first kappa shape index (κ1) is 34.8. The number of rotatable bonds is 14. The second-order valence-corrected chi connectivity index (χ2v) is 12.4. The van der Waals surface area contributed by atoms with Gasteiger partial charge >= 0.3 is 6.36 Å². The van der Waals surface area contributed by atoms with Crippen molar-refractivity contribution >= 4 is 23.2 Å². The lowest BCUT2D eigenvalue weighted by Crippen LogP contribution is -2.45. The lowest BCUT2D eigenvalue weighted by atomic mass is 9.90. The van der Waals surface area contributed by atoms with Crippen LogP contribution in [0.4, 0.5) is 24.8 Å². The zero-order chi connectivity index (χ0) is 34.2. The molecular formula is C31H38ClF3N10O4. The second-order valence-electron chi connectivity index (χ2n) is 12.0. The molecular weight excluding hydrogens is 669 g/mol. The zero-order valence-electron chi connectivity index (χ0n) is 26.9. The number of hydrogen-bond acceptors (Lipinski definition) is 12. The van der Waals surface area contributed by atoms with Crippen LogP contribution in [0.15, 0.2) is 43.1 Å². The molecule has 1 aliphatic carbocycles. The molecule has 1 saturated heterocycles. The second kappa shape index (κ2) is 16.1. The van der Waals surface area contributed by atoms with Crippen LogP contribution in [-0.2, 0) is 16.0 Å². The van der Waals surface area contributed by atoms with Gasteiger partial charge in [0.1, 0.15) is 23.9 Å². The molecule has 2 fully saturated rings. The molecule has 2 aliphatic rings. The maximum atomic E-state index is 12.4. The minimum absolute atomic E-state index is 0.0132. The van der Waals surface area contributed by atoms with Crippen LogP contribution in [0.5, 0.6) is 11.6 Å². The molecule has 1 aliphatic heterocycles. The third kappa shape index (κ3) is 9.77. The van der Waals surface area contributed by atoms with E-state index in [-0.39, 0.29) is 31.1 Å². The van der Waals surface area contributed by atoms with E-state index in [1.807, 2.05) is 29.9 Å². The van der Waals surface area contributed by atoms with E-state index in [1.54, 1.807) is 23.1 Å². The first-order valence-electron chi connectivity index (χ1n) is 16.2. The molecule has 14 nitrogen and oxygen atoms in total. The zero-order valence-corrected chi connectivity index (χ0v) is 27.7. The van der Waals surface area contributed by atoms with E-state index >= 15 is 0 Å². The molecule has 1 atom stereocenters. The monoisotopic (exact) mass is 706 g/mol. The first-order valence-corrected chi connectivity index (χ1v) is 16.6. The number of aromatic nitrogens is 8. The van der Waals surface area contributed by atoms with E-state index in [0.29, 0.717) is 35.0 Å². The van der Waals surface area contributed by atoms with Crippen molar-refractivity contribution < 1.29 is 32.1 Å². The Labute approximate surface area is 285 Å². The lowest BCUT2D eigenvalue weighted by Gasteiger charge is -2.38. The van der Waals surface area contributed by atoms with Gasteiger partial charge in [0.25, 0.3) is 5.88 Å². The molecule has 1 aromatic carbocycles. The summed E-state index contributed by atoms with van der Waals surface area (Å²) in [5.41, 5.74) is 2.04. The third-order valence-corrected chi connectivity index (χ3v) is 8.73. The molecule has 4 heterocycles. The quantitative estimate of drug-likeness (QED) is 0.170. The SMILES string of the molecule is C[C@@H](Cn1cnnn1)Oc1cc(-c2cnc(Nc3cn(C4CCC(N5CCOCC5)CC4)nc3OCCCOC(F)(F)F)nc2)ccc1Cl. The van der Waals surface area contributed by atoms with Crippen molar-refractivity contribution in [2.45, 2.75) is 70.1 Å². The molecule has 49 heavy (non-hydrogen) atoms. The number of benzene rings is 1. The highest BCUT2D eigenvalue weighted by molar-refractivity contribution is 6.32. The number of ether oxygens (including phenoxy) is 4. The molecule has 6 rings (SSSR count). The topological polar surface area (TPSA) is 139 Å². The van der Waals surface area contributed by atoms with E-state index in [9.17, 15) is 13.2 Å². The Balaban J connectivity index is 1.12. The summed E-state index contributed by atoms with van der Waals surface area (Å²) in [4.78, 5) is 11.5. The number of nitrogens with one attached hydrogen (secondary N) is 1. The van der Waals surface area contributed by atoms with Gasteiger partial charge in [0.15, 0.2) is 0 Å². The Kier molecular flexibility index (Phi) is 11.4. The molecule has 3 aromatic heterocycles. The molecule has 0 spiro atoms. The highest BCUT2D eigenvalue weighted by atomic mass is 35.5. The van der Waals surface area contributed by atoms with Gasteiger partial charge in [-0.2, -0.15) is 0 Å². The van der Waals surface area contributed by atoms with Gasteiger partial charge in [-0.05, 0) is 60.7 Å². The van der Waals surface area contributed by atoms with Gasteiger partial charge in [0.05, 0.1) is 50.2 Å². The number of alkyl halides is 3. The maximum absolute atomic E-state index is 12.4. The van der Waals surface area contributed by atoms with Gasteiger partial charge in [-0.25, -0.2) is 14.6 Å². The summed E-state index contributed by atoms with van der Waals surface area (Å²) in [6.45, 7) is 5.25. The number of hydrogen-bond donors (Lipinski definition) is 1. The fraction of sp³-hybridized carbons (Fsp3) is 0.548. The molecule has 1 saturated carbocycles. The van der Waals surface area contributed by atoms with Crippen LogP contribution in [0.2, 0.25) is 5.02 Å². The minimum atomic E-state index is -4.69. The van der Waals surface area contributed by atoms with E-state index < -0.39 is 13.0 Å². The smallest absolute Gasteiger partial charge is 0.487 e. The number of tetrazole rings is 1. The van der Waals surface area contributed by atoms with Crippen LogP contribution in [-0.4, -0.2) is 103 Å². The third-order valence-electron chi connectivity index (χ3n) is 8.42. The highest BCUT2D eigenvalue weighted by Crippen LogP contribution is 2.35. The van der Waals surface area contributed by atoms with Gasteiger partial charge < -0.3 is 19.5 Å². The van der Waals surface area contributed by atoms with Crippen LogP contribution in [0.25, 0.3) is 11.1 Å². The summed E-state index contributed by atoms with van der Waals surface area (Å²) in [7, 11) is 0. The maximum Gasteiger partial charge on any atom is 0.522 e. The molecule has 0 bridgehead atoms. The summed E-state index contributed by atoms with van der Waals surface area (Å²) in [6.07, 6.45) is 5.74. The van der Waals surface area contributed by atoms with E-state index in [1.165, 1.54) is 6.33 Å². The molecule has 0 unspecified atom stereocenters. The van der Waals surface area contributed by atoms with Crippen LogP contribution < -0.4 is 14.8 Å². The molecule has 18 heteroatoms. The fourth-order valence-corrected chi connectivity index (χ4v) is 6.18. The fourth-order valence-electron chi connectivity index (χ4n) is 6.02. The van der Waals surface area contributed by atoms with Gasteiger partial charge in [-0.3, -0.25) is 14.3 Å². The number of nitrogens with zero attached hydrogens (tertiary/aromatic N) is 9. The first-order chi connectivity index (χ1) is 23.7. The van der Waals surface area contributed by atoms with E-state index in [4.69, 9.17) is 25.8 Å². The van der Waals surface area contributed by atoms with Gasteiger partial charge in [0, 0.05) is 43.5 Å². The Bertz CT molecular complexity index is 1610. The summed E-state index contributed by atoms with van der Waals surface area (Å²) < 4.78 is 62.0. The van der Waals surface area contributed by atoms with Crippen LogP contribution in [0, 0.1) is 0 Å². The molecule has 1 N–H and O–H groups in total. The number of halogens is 4. The average Bonchev–Trinajstić information content (AvgIpc) is 3.76. The molecule has 4 aromatic rings. The number of morpholine rings is 1. The van der Waals surface area contributed by atoms with Gasteiger partial charge in [0.2, 0.25) is 5.95 Å². The van der Waals surface area contributed by atoms with Gasteiger partial charge in [-0.1, -0.05) is 17.7 Å². The summed E-state index contributed by atoms with van der Waals surface area (Å²) in [6, 6.07) is 6.08. The minimum Gasteiger partial charge on any atom is -0.487 e. The Hall–Kier alpha value is -4.06. The Morgan fingerprint density at radius 1 is 1.04 bits per heavy atom. The molecule has 264 valence electrons. The van der Waals surface area contributed by atoms with Crippen molar-refractivity contribution in [2.24, 2.45) is 0 Å². The molecule has 0 amide bonds. The number of anilines is 2. The summed E-state index contributed by atoms with van der Waals surface area (Å²) >= 11 is 6.42. The van der Waals surface area contributed by atoms with E-state index in [0.717, 1.165) is 63.1 Å². The van der Waals surface area contributed by atoms with Gasteiger partial charge in [-0.15, -0.1) is 23.4 Å². The van der Waals surface area contributed by atoms with Crippen molar-refractivity contribution in [3.8, 4) is 22.8 Å². The van der Waals surface area contributed by atoms with Crippen LogP contribution >= 0.6 is 11.6 Å². The normalized spacial score (nSPS) is 19.4. The highest BCUT2D eigenvalue weighted by Gasteiger charge is 2.30. The Morgan fingerprint density at radius 3 is 2.51 bits per heavy atom. The predicted octanol–water partition coefficient (Wildman–Crippen LogP) is 5.31.